The van der Waals surface area contributed by atoms with Gasteiger partial charge in [-0.15, -0.1) is 0 Å². The molecule has 2 aromatic carbocycles. The SMILES string of the molecule is COc1ccc(C2(c3ccc(OC)cc3)CCC2=O)cc1. The van der Waals surface area contributed by atoms with E-state index in [1.165, 1.54) is 0 Å². The average Bonchev–Trinajstić information content (AvgIpc) is 2.55. The van der Waals surface area contributed by atoms with E-state index in [9.17, 15) is 4.79 Å². The Bertz CT molecular complexity index is 594. The summed E-state index contributed by atoms with van der Waals surface area (Å²) in [5.41, 5.74) is 1.56. The van der Waals surface area contributed by atoms with Gasteiger partial charge in [-0.3, -0.25) is 4.79 Å². The van der Waals surface area contributed by atoms with Gasteiger partial charge in [-0.25, -0.2) is 0 Å². The van der Waals surface area contributed by atoms with Gasteiger partial charge in [0.2, 0.25) is 0 Å². The van der Waals surface area contributed by atoms with Crippen LogP contribution < -0.4 is 9.47 Å². The number of carbonyl (C=O) groups is 1. The van der Waals surface area contributed by atoms with Gasteiger partial charge in [-0.1, -0.05) is 24.3 Å². The molecule has 0 N–H and O–H groups in total. The zero-order valence-electron chi connectivity index (χ0n) is 12.3. The van der Waals surface area contributed by atoms with Crippen molar-refractivity contribution in [3.05, 3.63) is 59.7 Å². The van der Waals surface area contributed by atoms with Gasteiger partial charge in [-0.05, 0) is 41.8 Å². The first-order valence-corrected chi connectivity index (χ1v) is 7.03. The van der Waals surface area contributed by atoms with E-state index < -0.39 is 5.41 Å². The molecule has 1 aliphatic carbocycles. The molecule has 0 aliphatic heterocycles. The van der Waals surface area contributed by atoms with Crippen molar-refractivity contribution < 1.29 is 14.3 Å². The summed E-state index contributed by atoms with van der Waals surface area (Å²) in [5.74, 6) is 1.88. The second-order valence-electron chi connectivity index (χ2n) is 5.29. The number of hydrogen-bond acceptors (Lipinski definition) is 3. The predicted molar refractivity (Wildman–Crippen MR) is 81.0 cm³/mol. The minimum atomic E-state index is -0.501. The predicted octanol–water partition coefficient (Wildman–Crippen LogP) is 3.35. The summed E-state index contributed by atoms with van der Waals surface area (Å²) in [7, 11) is 3.28. The molecule has 1 aliphatic rings. The standard InChI is InChI=1S/C18H18O3/c1-20-15-7-3-13(4-8-15)18(12-11-17(18)19)14-5-9-16(21-2)10-6-14/h3-10H,11-12H2,1-2H3. The van der Waals surface area contributed by atoms with Gasteiger partial charge in [0.25, 0.3) is 0 Å². The molecule has 0 unspecified atom stereocenters. The van der Waals surface area contributed by atoms with Gasteiger partial charge < -0.3 is 9.47 Å². The van der Waals surface area contributed by atoms with E-state index in [4.69, 9.17) is 9.47 Å². The van der Waals surface area contributed by atoms with Gasteiger partial charge in [-0.2, -0.15) is 0 Å². The lowest BCUT2D eigenvalue weighted by molar-refractivity contribution is -0.129. The zero-order chi connectivity index (χ0) is 14.9. The quantitative estimate of drug-likeness (QED) is 0.862. The largest absolute Gasteiger partial charge is 0.497 e. The maximum Gasteiger partial charge on any atom is 0.147 e. The van der Waals surface area contributed by atoms with Crippen molar-refractivity contribution in [1.29, 1.82) is 0 Å². The van der Waals surface area contributed by atoms with Crippen LogP contribution in [0, 0.1) is 0 Å². The van der Waals surface area contributed by atoms with Crippen molar-refractivity contribution in [3.63, 3.8) is 0 Å². The van der Waals surface area contributed by atoms with Crippen molar-refractivity contribution >= 4 is 5.78 Å². The first kappa shape index (κ1) is 13.7. The number of rotatable bonds is 4. The molecule has 0 spiro atoms. The fraction of sp³-hybridized carbons (Fsp3) is 0.278. The second kappa shape index (κ2) is 5.24. The molecule has 1 fully saturated rings. The Balaban J connectivity index is 2.04. The highest BCUT2D eigenvalue weighted by molar-refractivity contribution is 5.99. The van der Waals surface area contributed by atoms with Gasteiger partial charge in [0.1, 0.15) is 17.3 Å². The van der Waals surface area contributed by atoms with E-state index in [1.807, 2.05) is 48.5 Å². The van der Waals surface area contributed by atoms with E-state index >= 15 is 0 Å². The van der Waals surface area contributed by atoms with Gasteiger partial charge in [0, 0.05) is 6.42 Å². The topological polar surface area (TPSA) is 35.5 Å². The van der Waals surface area contributed by atoms with Crippen LogP contribution in [0.15, 0.2) is 48.5 Å². The van der Waals surface area contributed by atoms with Crippen LogP contribution in [0.1, 0.15) is 24.0 Å². The fourth-order valence-corrected chi connectivity index (χ4v) is 3.01. The highest BCUT2D eigenvalue weighted by Gasteiger charge is 2.48. The van der Waals surface area contributed by atoms with E-state index in [-0.39, 0.29) is 5.78 Å². The van der Waals surface area contributed by atoms with E-state index in [1.54, 1.807) is 14.2 Å². The molecule has 3 nitrogen and oxygen atoms in total. The highest BCUT2D eigenvalue weighted by Crippen LogP contribution is 2.46. The van der Waals surface area contributed by atoms with Crippen molar-refractivity contribution in [2.45, 2.75) is 18.3 Å². The lowest BCUT2D eigenvalue weighted by atomic mass is 9.59. The highest BCUT2D eigenvalue weighted by atomic mass is 16.5. The fourth-order valence-electron chi connectivity index (χ4n) is 3.01. The first-order valence-electron chi connectivity index (χ1n) is 7.03. The number of ether oxygens (including phenoxy) is 2. The maximum absolute atomic E-state index is 12.4. The van der Waals surface area contributed by atoms with Crippen LogP contribution in [0.5, 0.6) is 11.5 Å². The van der Waals surface area contributed by atoms with Gasteiger partial charge >= 0.3 is 0 Å². The molecule has 2 aromatic rings. The van der Waals surface area contributed by atoms with Crippen LogP contribution in [0.3, 0.4) is 0 Å². The smallest absolute Gasteiger partial charge is 0.147 e. The van der Waals surface area contributed by atoms with Crippen molar-refractivity contribution in [3.8, 4) is 11.5 Å². The zero-order valence-corrected chi connectivity index (χ0v) is 12.3. The van der Waals surface area contributed by atoms with Crippen molar-refractivity contribution in [1.82, 2.24) is 0 Å². The number of Topliss-reactive ketones (excluding diaryl/α,β-unsaturated/α-hetero) is 1. The molecule has 108 valence electrons. The van der Waals surface area contributed by atoms with Crippen LogP contribution in [-0.4, -0.2) is 20.0 Å². The summed E-state index contributed by atoms with van der Waals surface area (Å²) < 4.78 is 10.4. The Kier molecular flexibility index (Phi) is 3.42. The Morgan fingerprint density at radius 2 is 1.24 bits per heavy atom. The average molecular weight is 282 g/mol. The minimum Gasteiger partial charge on any atom is -0.497 e. The van der Waals surface area contributed by atoms with Crippen molar-refractivity contribution in [2.24, 2.45) is 0 Å². The number of benzene rings is 2. The van der Waals surface area contributed by atoms with Crippen molar-refractivity contribution in [2.75, 3.05) is 14.2 Å². The molecule has 0 radical (unpaired) electrons. The van der Waals surface area contributed by atoms with E-state index in [0.717, 1.165) is 29.0 Å². The second-order valence-corrected chi connectivity index (χ2v) is 5.29. The van der Waals surface area contributed by atoms with Crippen LogP contribution in [0.4, 0.5) is 0 Å². The Morgan fingerprint density at radius 3 is 1.48 bits per heavy atom. The Labute approximate surface area is 124 Å². The third-order valence-corrected chi connectivity index (χ3v) is 4.37. The summed E-state index contributed by atoms with van der Waals surface area (Å²) in [6, 6.07) is 15.6. The molecule has 21 heavy (non-hydrogen) atoms. The van der Waals surface area contributed by atoms with Crippen LogP contribution in [0.2, 0.25) is 0 Å². The molecule has 1 saturated carbocycles. The monoisotopic (exact) mass is 282 g/mol. The molecule has 3 heteroatoms. The third-order valence-electron chi connectivity index (χ3n) is 4.37. The molecular formula is C18H18O3. The number of ketones is 1. The molecule has 0 bridgehead atoms. The molecule has 0 heterocycles. The summed E-state index contributed by atoms with van der Waals surface area (Å²) in [4.78, 5) is 12.4. The summed E-state index contributed by atoms with van der Waals surface area (Å²) in [6.45, 7) is 0. The number of carbonyl (C=O) groups excluding carboxylic acids is 1. The lowest BCUT2D eigenvalue weighted by Crippen LogP contribution is -2.45. The molecular weight excluding hydrogens is 264 g/mol. The number of hydrogen-bond donors (Lipinski definition) is 0. The first-order chi connectivity index (χ1) is 10.2. The molecule has 0 amide bonds. The van der Waals surface area contributed by atoms with Crippen LogP contribution in [0.25, 0.3) is 0 Å². The third kappa shape index (κ3) is 2.09. The Morgan fingerprint density at radius 1 is 0.810 bits per heavy atom. The minimum absolute atomic E-state index is 0.276. The molecule has 0 saturated heterocycles. The van der Waals surface area contributed by atoms with Crippen LogP contribution >= 0.6 is 0 Å². The van der Waals surface area contributed by atoms with E-state index in [2.05, 4.69) is 0 Å². The summed E-state index contributed by atoms with van der Waals surface area (Å²) in [5, 5.41) is 0. The van der Waals surface area contributed by atoms with Gasteiger partial charge in [0.15, 0.2) is 0 Å². The molecule has 0 aromatic heterocycles. The molecule has 3 rings (SSSR count). The number of methoxy groups -OCH3 is 2. The summed E-state index contributed by atoms with van der Waals surface area (Å²) in [6.07, 6.45) is 1.49. The van der Waals surface area contributed by atoms with E-state index in [0.29, 0.717) is 6.42 Å². The molecule has 0 atom stereocenters. The summed E-state index contributed by atoms with van der Waals surface area (Å²) >= 11 is 0. The normalized spacial score (nSPS) is 16.2. The maximum atomic E-state index is 12.4. The Hall–Kier alpha value is -2.29. The lowest BCUT2D eigenvalue weighted by Gasteiger charge is -2.41. The van der Waals surface area contributed by atoms with Gasteiger partial charge in [0.05, 0.1) is 19.6 Å². The van der Waals surface area contributed by atoms with Crippen LogP contribution in [-0.2, 0) is 10.2 Å².